The van der Waals surface area contributed by atoms with E-state index in [2.05, 4.69) is 4.98 Å². The standard InChI is InChI=1S/C29H31ClN2O4/c1-29(2,3)36-28(33)32-25-12-11-22(35-17-18-9-10-21(13-18)34-4)14-20(25)16-26(32)23-15-19-7-5-6-8-24(19)31-27(23)30/h5-8,11-12,14-16,18,21H,9-10,13,17H2,1-4H3/t18-,21-/m0/s1. The predicted molar refractivity (Wildman–Crippen MR) is 143 cm³/mol. The first kappa shape index (κ1) is 24.6. The highest BCUT2D eigenvalue weighted by Crippen LogP contribution is 2.36. The molecule has 0 N–H and O–H groups in total. The van der Waals surface area contributed by atoms with Gasteiger partial charge in [0.25, 0.3) is 0 Å². The number of para-hydroxylation sites is 1. The number of halogens is 1. The van der Waals surface area contributed by atoms with Crippen LogP contribution >= 0.6 is 11.6 Å². The van der Waals surface area contributed by atoms with E-state index in [1.165, 1.54) is 0 Å². The summed E-state index contributed by atoms with van der Waals surface area (Å²) < 4.78 is 19.0. The Hall–Kier alpha value is -3.09. The van der Waals surface area contributed by atoms with Crippen LogP contribution in [0.15, 0.2) is 54.6 Å². The van der Waals surface area contributed by atoms with Crippen molar-refractivity contribution >= 4 is 39.5 Å². The third kappa shape index (κ3) is 5.06. The van der Waals surface area contributed by atoms with Gasteiger partial charge >= 0.3 is 6.09 Å². The Morgan fingerprint density at radius 2 is 1.89 bits per heavy atom. The lowest BCUT2D eigenvalue weighted by molar-refractivity contribution is 0.0547. The minimum Gasteiger partial charge on any atom is -0.493 e. The van der Waals surface area contributed by atoms with Gasteiger partial charge < -0.3 is 14.2 Å². The Labute approximate surface area is 216 Å². The van der Waals surface area contributed by atoms with Gasteiger partial charge in [-0.25, -0.2) is 14.3 Å². The molecule has 2 aromatic carbocycles. The van der Waals surface area contributed by atoms with Crippen LogP contribution in [0.4, 0.5) is 4.79 Å². The maximum atomic E-state index is 13.4. The Balaban J connectivity index is 1.54. The zero-order valence-electron chi connectivity index (χ0n) is 21.1. The van der Waals surface area contributed by atoms with Crippen molar-refractivity contribution in [1.82, 2.24) is 9.55 Å². The summed E-state index contributed by atoms with van der Waals surface area (Å²) in [6.07, 6.45) is 3.05. The number of methoxy groups -OCH3 is 1. The third-order valence-electron chi connectivity index (χ3n) is 6.61. The summed E-state index contributed by atoms with van der Waals surface area (Å²) in [5.41, 5.74) is 2.15. The number of carbonyl (C=O) groups is 1. The van der Waals surface area contributed by atoms with Gasteiger partial charge in [0.1, 0.15) is 16.5 Å². The molecule has 1 fully saturated rings. The molecule has 0 bridgehead atoms. The van der Waals surface area contributed by atoms with Crippen molar-refractivity contribution in [3.05, 3.63) is 59.8 Å². The molecule has 0 aliphatic heterocycles. The van der Waals surface area contributed by atoms with E-state index in [-0.39, 0.29) is 0 Å². The zero-order chi connectivity index (χ0) is 25.4. The first-order chi connectivity index (χ1) is 17.2. The maximum Gasteiger partial charge on any atom is 0.419 e. The number of hydrogen-bond donors (Lipinski definition) is 0. The summed E-state index contributed by atoms with van der Waals surface area (Å²) in [5, 5.41) is 2.12. The lowest BCUT2D eigenvalue weighted by Crippen LogP contribution is -2.27. The molecule has 1 aliphatic carbocycles. The Bertz CT molecular complexity index is 1420. The van der Waals surface area contributed by atoms with E-state index in [1.807, 2.05) is 75.4 Å². The van der Waals surface area contributed by atoms with Crippen LogP contribution in [0.3, 0.4) is 0 Å². The number of nitrogens with zero attached hydrogens (tertiary/aromatic N) is 2. The molecule has 0 amide bonds. The fourth-order valence-electron chi connectivity index (χ4n) is 4.87. The quantitative estimate of drug-likeness (QED) is 0.262. The highest BCUT2D eigenvalue weighted by Gasteiger charge is 2.26. The average molecular weight is 507 g/mol. The van der Waals surface area contributed by atoms with Crippen molar-refractivity contribution in [1.29, 1.82) is 0 Å². The van der Waals surface area contributed by atoms with Gasteiger partial charge in [0.2, 0.25) is 0 Å². The molecule has 0 spiro atoms. The molecule has 7 heteroatoms. The molecule has 36 heavy (non-hydrogen) atoms. The molecule has 188 valence electrons. The van der Waals surface area contributed by atoms with Gasteiger partial charge in [0.15, 0.2) is 0 Å². The van der Waals surface area contributed by atoms with E-state index in [0.717, 1.165) is 46.8 Å². The van der Waals surface area contributed by atoms with E-state index in [1.54, 1.807) is 11.7 Å². The average Bonchev–Trinajstić information content (AvgIpc) is 3.45. The third-order valence-corrected chi connectivity index (χ3v) is 6.90. The Morgan fingerprint density at radius 1 is 1.08 bits per heavy atom. The minimum atomic E-state index is -0.652. The van der Waals surface area contributed by atoms with Crippen LogP contribution in [-0.4, -0.2) is 41.1 Å². The zero-order valence-corrected chi connectivity index (χ0v) is 21.8. The van der Waals surface area contributed by atoms with E-state index < -0.39 is 11.7 Å². The Morgan fingerprint density at radius 3 is 2.64 bits per heavy atom. The largest absolute Gasteiger partial charge is 0.493 e. The van der Waals surface area contributed by atoms with Gasteiger partial charge in [0, 0.05) is 23.4 Å². The summed E-state index contributed by atoms with van der Waals surface area (Å²) in [6.45, 7) is 6.20. The summed E-state index contributed by atoms with van der Waals surface area (Å²) in [6, 6.07) is 17.4. The molecule has 1 saturated carbocycles. The predicted octanol–water partition coefficient (Wildman–Crippen LogP) is 7.49. The Kier molecular flexibility index (Phi) is 6.66. The van der Waals surface area contributed by atoms with E-state index in [4.69, 9.17) is 25.8 Å². The van der Waals surface area contributed by atoms with Crippen LogP contribution in [0, 0.1) is 5.92 Å². The number of pyridine rings is 1. The summed E-state index contributed by atoms with van der Waals surface area (Å²) in [7, 11) is 1.77. The molecule has 2 aromatic heterocycles. The molecular formula is C29H31ClN2O4. The van der Waals surface area contributed by atoms with Crippen LogP contribution in [0.2, 0.25) is 5.15 Å². The van der Waals surface area contributed by atoms with E-state index in [9.17, 15) is 4.79 Å². The van der Waals surface area contributed by atoms with Crippen molar-refractivity contribution in [2.45, 2.75) is 51.7 Å². The normalized spacial score (nSPS) is 18.1. The topological polar surface area (TPSA) is 62.6 Å². The number of carbonyl (C=O) groups excluding carboxylic acids is 1. The fraction of sp³-hybridized carbons (Fsp3) is 0.379. The van der Waals surface area contributed by atoms with Crippen LogP contribution in [-0.2, 0) is 9.47 Å². The second kappa shape index (κ2) is 9.75. The molecule has 0 saturated heterocycles. The van der Waals surface area contributed by atoms with Crippen LogP contribution in [0.5, 0.6) is 5.75 Å². The van der Waals surface area contributed by atoms with E-state index in [0.29, 0.717) is 35.0 Å². The SMILES string of the molecule is CO[C@H]1CC[C@H](COc2ccc3c(c2)cc(-c2cc4ccccc4nc2Cl)n3C(=O)OC(C)(C)C)C1. The smallest absolute Gasteiger partial charge is 0.419 e. The van der Waals surface area contributed by atoms with Gasteiger partial charge in [0.05, 0.1) is 29.4 Å². The molecule has 5 rings (SSSR count). The minimum absolute atomic E-state index is 0.326. The molecule has 2 heterocycles. The lowest BCUT2D eigenvalue weighted by Gasteiger charge is -2.21. The first-order valence-corrected chi connectivity index (χ1v) is 12.7. The molecule has 4 aromatic rings. The second-order valence-electron chi connectivity index (χ2n) is 10.4. The first-order valence-electron chi connectivity index (χ1n) is 12.3. The molecule has 2 atom stereocenters. The van der Waals surface area contributed by atoms with Crippen LogP contribution < -0.4 is 4.74 Å². The van der Waals surface area contributed by atoms with Gasteiger partial charge in [-0.3, -0.25) is 0 Å². The molecule has 1 aliphatic rings. The van der Waals surface area contributed by atoms with Crippen LogP contribution in [0.1, 0.15) is 40.0 Å². The molecule has 0 unspecified atom stereocenters. The summed E-state index contributed by atoms with van der Waals surface area (Å²) in [4.78, 5) is 17.9. The highest BCUT2D eigenvalue weighted by molar-refractivity contribution is 6.32. The van der Waals surface area contributed by atoms with Crippen molar-refractivity contribution in [3.8, 4) is 17.0 Å². The van der Waals surface area contributed by atoms with Crippen LogP contribution in [0.25, 0.3) is 33.1 Å². The molecule has 0 radical (unpaired) electrons. The fourth-order valence-corrected chi connectivity index (χ4v) is 5.11. The van der Waals surface area contributed by atoms with Gasteiger partial charge in [-0.05, 0) is 82.3 Å². The molecular weight excluding hydrogens is 476 g/mol. The number of rotatable bonds is 5. The lowest BCUT2D eigenvalue weighted by atomic mass is 10.1. The van der Waals surface area contributed by atoms with Crippen molar-refractivity contribution < 1.29 is 19.0 Å². The van der Waals surface area contributed by atoms with Crippen molar-refractivity contribution in [2.75, 3.05) is 13.7 Å². The number of aromatic nitrogens is 2. The highest BCUT2D eigenvalue weighted by atomic mass is 35.5. The maximum absolute atomic E-state index is 13.4. The van der Waals surface area contributed by atoms with Gasteiger partial charge in [-0.1, -0.05) is 29.8 Å². The monoisotopic (exact) mass is 506 g/mol. The summed E-state index contributed by atoms with van der Waals surface area (Å²) in [5.74, 6) is 1.24. The van der Waals surface area contributed by atoms with E-state index >= 15 is 0 Å². The van der Waals surface area contributed by atoms with Gasteiger partial charge in [-0.2, -0.15) is 0 Å². The summed E-state index contributed by atoms with van der Waals surface area (Å²) >= 11 is 6.64. The second-order valence-corrected chi connectivity index (χ2v) is 10.8. The molecule has 6 nitrogen and oxygen atoms in total. The number of hydrogen-bond acceptors (Lipinski definition) is 5. The van der Waals surface area contributed by atoms with Crippen molar-refractivity contribution in [3.63, 3.8) is 0 Å². The van der Waals surface area contributed by atoms with Gasteiger partial charge in [-0.15, -0.1) is 0 Å². The van der Waals surface area contributed by atoms with Crippen molar-refractivity contribution in [2.24, 2.45) is 5.92 Å². The number of fused-ring (bicyclic) bond motifs is 2. The number of benzene rings is 2. The number of ether oxygens (including phenoxy) is 3.